The number of nitrogens with one attached hydrogen (secondary N) is 1. The number of ether oxygens (including phenoxy) is 1. The molecule has 1 aromatic rings. The summed E-state index contributed by atoms with van der Waals surface area (Å²) in [5, 5.41) is 3.42. The number of aromatic nitrogens is 2. The fourth-order valence-corrected chi connectivity index (χ4v) is 1.72. The van der Waals surface area contributed by atoms with E-state index in [1.807, 2.05) is 11.9 Å². The number of hydrogen-bond acceptors (Lipinski definition) is 5. The summed E-state index contributed by atoms with van der Waals surface area (Å²) in [6.07, 6.45) is 1.70. The van der Waals surface area contributed by atoms with Gasteiger partial charge in [-0.2, -0.15) is 4.98 Å². The third-order valence-electron chi connectivity index (χ3n) is 2.34. The molecule has 0 aliphatic carbocycles. The number of hydrogen-bond donors (Lipinski definition) is 1. The van der Waals surface area contributed by atoms with E-state index in [0.29, 0.717) is 11.8 Å². The molecule has 0 fully saturated rings. The molecule has 1 N–H and O–H groups in total. The van der Waals surface area contributed by atoms with E-state index < -0.39 is 0 Å². The maximum Gasteiger partial charge on any atom is 0.232 e. The number of methoxy groups -OCH3 is 1. The first-order valence-corrected chi connectivity index (χ1v) is 6.65. The first-order valence-electron chi connectivity index (χ1n) is 5.86. The minimum absolute atomic E-state index is 0.124. The molecule has 5 nitrogen and oxygen atoms in total. The summed E-state index contributed by atoms with van der Waals surface area (Å²) in [6.45, 7) is 8.15. The molecule has 0 aliphatic rings. The highest BCUT2D eigenvalue weighted by Gasteiger charge is 2.11. The quantitative estimate of drug-likeness (QED) is 0.901. The zero-order chi connectivity index (χ0) is 13.8. The van der Waals surface area contributed by atoms with Crippen molar-refractivity contribution in [3.63, 3.8) is 0 Å². The second-order valence-corrected chi connectivity index (χ2v) is 5.98. The third-order valence-corrected chi connectivity index (χ3v) is 2.88. The predicted molar refractivity (Wildman–Crippen MR) is 77.3 cm³/mol. The molecule has 0 saturated heterocycles. The fraction of sp³-hybridized carbons (Fsp3) is 0.667. The molecule has 0 saturated carbocycles. The van der Waals surface area contributed by atoms with Gasteiger partial charge in [-0.3, -0.25) is 0 Å². The summed E-state index contributed by atoms with van der Waals surface area (Å²) in [5.74, 6) is 1.21. The number of anilines is 1. The lowest BCUT2D eigenvalue weighted by Gasteiger charge is -2.23. The zero-order valence-electron chi connectivity index (χ0n) is 11.6. The molecule has 0 bridgehead atoms. The molecule has 0 atom stereocenters. The summed E-state index contributed by atoms with van der Waals surface area (Å²) in [4.78, 5) is 10.6. The van der Waals surface area contributed by atoms with Crippen LogP contribution in [-0.4, -0.2) is 42.8 Å². The number of rotatable bonds is 5. The Bertz CT molecular complexity index is 392. The third kappa shape index (κ3) is 4.78. The lowest BCUT2D eigenvalue weighted by Crippen LogP contribution is -2.40. The normalized spacial score (nSPS) is 11.4. The van der Waals surface area contributed by atoms with Gasteiger partial charge in [0.25, 0.3) is 0 Å². The Kier molecular flexibility index (Phi) is 5.34. The van der Waals surface area contributed by atoms with E-state index in [9.17, 15) is 0 Å². The van der Waals surface area contributed by atoms with Crippen molar-refractivity contribution in [3.8, 4) is 5.88 Å². The van der Waals surface area contributed by atoms with Gasteiger partial charge >= 0.3 is 0 Å². The Hall–Kier alpha value is -0.880. The number of likely N-dealkylation sites (N-methyl/N-ethyl adjacent to an activating group) is 1. The van der Waals surface area contributed by atoms with E-state index in [1.54, 1.807) is 13.3 Å². The topological polar surface area (TPSA) is 50.3 Å². The highest BCUT2D eigenvalue weighted by molar-refractivity contribution is 9.10. The molecule has 0 radical (unpaired) electrons. The van der Waals surface area contributed by atoms with Crippen LogP contribution in [0.15, 0.2) is 10.7 Å². The van der Waals surface area contributed by atoms with E-state index >= 15 is 0 Å². The average molecular weight is 317 g/mol. The number of nitrogens with zero attached hydrogens (tertiary/aromatic N) is 3. The Morgan fingerprint density at radius 2 is 2.11 bits per heavy atom. The Balaban J connectivity index is 2.59. The van der Waals surface area contributed by atoms with Crippen molar-refractivity contribution in [2.75, 3.05) is 32.1 Å². The Labute approximate surface area is 117 Å². The molecule has 1 rings (SSSR count). The smallest absolute Gasteiger partial charge is 0.232 e. The van der Waals surface area contributed by atoms with Crippen molar-refractivity contribution < 1.29 is 4.74 Å². The molecule has 6 heteroatoms. The maximum absolute atomic E-state index is 5.15. The van der Waals surface area contributed by atoms with Gasteiger partial charge in [0.2, 0.25) is 11.8 Å². The van der Waals surface area contributed by atoms with Crippen LogP contribution in [0.4, 0.5) is 5.95 Å². The summed E-state index contributed by atoms with van der Waals surface area (Å²) in [6, 6.07) is 0. The molecule has 0 spiro atoms. The molecule has 0 unspecified atom stereocenters. The van der Waals surface area contributed by atoms with Gasteiger partial charge in [0, 0.05) is 25.7 Å². The minimum atomic E-state index is 0.124. The fourth-order valence-electron chi connectivity index (χ4n) is 1.37. The van der Waals surface area contributed by atoms with Crippen LogP contribution < -0.4 is 15.0 Å². The number of halogens is 1. The standard InChI is InChI=1S/C12H21BrN4O/c1-12(2,3)15-6-7-17(4)11-14-8-9(13)10(16-11)18-5/h8,15H,6-7H2,1-5H3. The van der Waals surface area contributed by atoms with E-state index in [0.717, 1.165) is 17.6 Å². The van der Waals surface area contributed by atoms with Crippen LogP contribution in [0.2, 0.25) is 0 Å². The molecule has 102 valence electrons. The van der Waals surface area contributed by atoms with E-state index in [1.165, 1.54) is 0 Å². The van der Waals surface area contributed by atoms with Crippen LogP contribution in [0, 0.1) is 0 Å². The van der Waals surface area contributed by atoms with Crippen molar-refractivity contribution in [2.24, 2.45) is 0 Å². The van der Waals surface area contributed by atoms with E-state index in [-0.39, 0.29) is 5.54 Å². The van der Waals surface area contributed by atoms with Crippen LogP contribution in [0.3, 0.4) is 0 Å². The summed E-state index contributed by atoms with van der Waals surface area (Å²) in [5.41, 5.74) is 0.124. The lowest BCUT2D eigenvalue weighted by molar-refractivity contribution is 0.393. The van der Waals surface area contributed by atoms with Crippen LogP contribution in [0.5, 0.6) is 5.88 Å². The van der Waals surface area contributed by atoms with Crippen molar-refractivity contribution in [1.29, 1.82) is 0 Å². The summed E-state index contributed by atoms with van der Waals surface area (Å²) < 4.78 is 5.91. The molecule has 0 amide bonds. The van der Waals surface area contributed by atoms with Crippen molar-refractivity contribution in [3.05, 3.63) is 10.7 Å². The highest BCUT2D eigenvalue weighted by atomic mass is 79.9. The zero-order valence-corrected chi connectivity index (χ0v) is 13.2. The van der Waals surface area contributed by atoms with Gasteiger partial charge in [-0.1, -0.05) is 0 Å². The summed E-state index contributed by atoms with van der Waals surface area (Å²) in [7, 11) is 3.56. The SMILES string of the molecule is COc1nc(N(C)CCNC(C)(C)C)ncc1Br. The van der Waals surface area contributed by atoms with E-state index in [2.05, 4.69) is 52.0 Å². The lowest BCUT2D eigenvalue weighted by atomic mass is 10.1. The van der Waals surface area contributed by atoms with Gasteiger partial charge in [0.15, 0.2) is 0 Å². The molecule has 0 aliphatic heterocycles. The first kappa shape index (κ1) is 15.2. The second kappa shape index (κ2) is 6.33. The highest BCUT2D eigenvalue weighted by Crippen LogP contribution is 2.22. The van der Waals surface area contributed by atoms with E-state index in [4.69, 9.17) is 4.74 Å². The molecule has 1 aromatic heterocycles. The van der Waals surface area contributed by atoms with Gasteiger partial charge in [-0.05, 0) is 36.7 Å². The molecule has 1 heterocycles. The van der Waals surface area contributed by atoms with Crippen LogP contribution in [-0.2, 0) is 0 Å². The average Bonchev–Trinajstić information content (AvgIpc) is 2.27. The maximum atomic E-state index is 5.15. The molecule has 18 heavy (non-hydrogen) atoms. The van der Waals surface area contributed by atoms with Crippen LogP contribution in [0.25, 0.3) is 0 Å². The summed E-state index contributed by atoms with van der Waals surface area (Å²) >= 11 is 3.34. The second-order valence-electron chi connectivity index (χ2n) is 5.13. The largest absolute Gasteiger partial charge is 0.480 e. The Morgan fingerprint density at radius 3 is 2.67 bits per heavy atom. The van der Waals surface area contributed by atoms with Gasteiger partial charge in [-0.15, -0.1) is 0 Å². The monoisotopic (exact) mass is 316 g/mol. The molecular weight excluding hydrogens is 296 g/mol. The first-order chi connectivity index (χ1) is 8.33. The van der Waals surface area contributed by atoms with Crippen LogP contribution in [0.1, 0.15) is 20.8 Å². The van der Waals surface area contributed by atoms with Gasteiger partial charge in [0.1, 0.15) is 0 Å². The van der Waals surface area contributed by atoms with Gasteiger partial charge in [0.05, 0.1) is 17.8 Å². The minimum Gasteiger partial charge on any atom is -0.480 e. The molecular formula is C12H21BrN4O. The van der Waals surface area contributed by atoms with Gasteiger partial charge in [-0.25, -0.2) is 4.98 Å². The van der Waals surface area contributed by atoms with Crippen molar-refractivity contribution in [1.82, 2.24) is 15.3 Å². The van der Waals surface area contributed by atoms with Gasteiger partial charge < -0.3 is 15.0 Å². The van der Waals surface area contributed by atoms with Crippen molar-refractivity contribution in [2.45, 2.75) is 26.3 Å². The predicted octanol–water partition coefficient (Wildman–Crippen LogP) is 2.07. The van der Waals surface area contributed by atoms with Crippen LogP contribution >= 0.6 is 15.9 Å². The Morgan fingerprint density at radius 1 is 1.44 bits per heavy atom. The van der Waals surface area contributed by atoms with Crippen molar-refractivity contribution >= 4 is 21.9 Å². The molecule has 0 aromatic carbocycles.